The van der Waals surface area contributed by atoms with Gasteiger partial charge in [0, 0.05) is 17.8 Å². The molecule has 0 saturated carbocycles. The second-order valence-electron chi connectivity index (χ2n) is 7.76. The molecular formula is C20H37F3N2. The normalized spacial score (nSPS) is 18.6. The SMILES string of the molecule is CCCCCCCCC(C)(CCCCCC)C1(C(F)(F)F)NC=CN1. The summed E-state index contributed by atoms with van der Waals surface area (Å²) >= 11 is 0. The summed E-state index contributed by atoms with van der Waals surface area (Å²) in [7, 11) is 0. The smallest absolute Gasteiger partial charge is 0.360 e. The van der Waals surface area contributed by atoms with Crippen molar-refractivity contribution < 1.29 is 13.2 Å². The molecule has 0 radical (unpaired) electrons. The Labute approximate surface area is 152 Å². The summed E-state index contributed by atoms with van der Waals surface area (Å²) in [5.74, 6) is 0. The summed E-state index contributed by atoms with van der Waals surface area (Å²) in [5.41, 5.74) is -2.89. The molecule has 2 nitrogen and oxygen atoms in total. The number of alkyl halides is 3. The fourth-order valence-electron chi connectivity index (χ4n) is 3.97. The third-order valence-electron chi connectivity index (χ3n) is 5.68. The zero-order valence-electron chi connectivity index (χ0n) is 16.3. The highest BCUT2D eigenvalue weighted by Gasteiger charge is 2.65. The number of hydrogen-bond donors (Lipinski definition) is 2. The molecule has 0 spiro atoms. The zero-order chi connectivity index (χ0) is 18.8. The molecule has 0 fully saturated rings. The lowest BCUT2D eigenvalue weighted by atomic mass is 9.69. The Kier molecular flexibility index (Phi) is 9.15. The van der Waals surface area contributed by atoms with E-state index in [9.17, 15) is 13.2 Å². The second-order valence-corrected chi connectivity index (χ2v) is 7.76. The van der Waals surface area contributed by atoms with Crippen LogP contribution in [0.1, 0.15) is 97.8 Å². The lowest BCUT2D eigenvalue weighted by molar-refractivity contribution is -0.235. The standard InChI is InChI=1S/C20H37F3N2/c1-4-6-8-10-11-13-15-18(3,14-12-9-7-5-2)19(20(21,22)23)24-16-17-25-19/h16-17,24-25H,4-15H2,1-3H3. The molecule has 5 heteroatoms. The average molecular weight is 363 g/mol. The molecule has 25 heavy (non-hydrogen) atoms. The van der Waals surface area contributed by atoms with E-state index >= 15 is 0 Å². The van der Waals surface area contributed by atoms with Crippen LogP contribution < -0.4 is 10.6 Å². The van der Waals surface area contributed by atoms with Crippen LogP contribution in [0.3, 0.4) is 0 Å². The molecule has 0 aliphatic carbocycles. The van der Waals surface area contributed by atoms with Crippen LogP contribution in [0.25, 0.3) is 0 Å². The van der Waals surface area contributed by atoms with E-state index in [1.54, 1.807) is 0 Å². The summed E-state index contributed by atoms with van der Waals surface area (Å²) in [6.07, 6.45) is 10.3. The van der Waals surface area contributed by atoms with Gasteiger partial charge in [-0.1, -0.05) is 85.0 Å². The molecular weight excluding hydrogens is 325 g/mol. The van der Waals surface area contributed by atoms with Gasteiger partial charge >= 0.3 is 6.18 Å². The van der Waals surface area contributed by atoms with Gasteiger partial charge in [0.05, 0.1) is 0 Å². The summed E-state index contributed by atoms with van der Waals surface area (Å²) in [6.45, 7) is 6.10. The van der Waals surface area contributed by atoms with E-state index in [0.29, 0.717) is 12.8 Å². The fourth-order valence-corrected chi connectivity index (χ4v) is 3.97. The molecule has 1 heterocycles. The van der Waals surface area contributed by atoms with Crippen LogP contribution >= 0.6 is 0 Å². The van der Waals surface area contributed by atoms with Gasteiger partial charge in [-0.25, -0.2) is 0 Å². The van der Waals surface area contributed by atoms with Crippen LogP contribution in [0.2, 0.25) is 0 Å². The molecule has 1 aliphatic rings. The molecule has 0 aromatic heterocycles. The van der Waals surface area contributed by atoms with Crippen LogP contribution in [0.4, 0.5) is 13.2 Å². The Bertz CT molecular complexity index is 385. The third kappa shape index (κ3) is 5.82. The molecule has 0 amide bonds. The summed E-state index contributed by atoms with van der Waals surface area (Å²) in [6, 6.07) is 0. The lowest BCUT2D eigenvalue weighted by Crippen LogP contribution is -2.69. The molecule has 0 aromatic carbocycles. The first-order valence-electron chi connectivity index (χ1n) is 10.1. The van der Waals surface area contributed by atoms with Crippen molar-refractivity contribution in [3.05, 3.63) is 12.4 Å². The van der Waals surface area contributed by atoms with Crippen molar-refractivity contribution in [3.8, 4) is 0 Å². The number of hydrogen-bond acceptors (Lipinski definition) is 2. The van der Waals surface area contributed by atoms with Gasteiger partial charge in [-0.15, -0.1) is 0 Å². The zero-order valence-corrected chi connectivity index (χ0v) is 16.3. The molecule has 0 aromatic rings. The number of nitrogens with one attached hydrogen (secondary N) is 2. The first-order chi connectivity index (χ1) is 11.8. The van der Waals surface area contributed by atoms with Gasteiger partial charge in [-0.2, -0.15) is 13.2 Å². The van der Waals surface area contributed by atoms with E-state index in [0.717, 1.165) is 44.9 Å². The van der Waals surface area contributed by atoms with Gasteiger partial charge in [0.15, 0.2) is 0 Å². The van der Waals surface area contributed by atoms with Crippen molar-refractivity contribution in [3.63, 3.8) is 0 Å². The van der Waals surface area contributed by atoms with Crippen molar-refractivity contribution in [1.29, 1.82) is 0 Å². The van der Waals surface area contributed by atoms with Gasteiger partial charge in [0.1, 0.15) is 0 Å². The lowest BCUT2D eigenvalue weighted by Gasteiger charge is -2.48. The Morgan fingerprint density at radius 3 is 1.56 bits per heavy atom. The van der Waals surface area contributed by atoms with Gasteiger partial charge < -0.3 is 10.6 Å². The van der Waals surface area contributed by atoms with Crippen molar-refractivity contribution in [1.82, 2.24) is 10.6 Å². The topological polar surface area (TPSA) is 24.1 Å². The Balaban J connectivity index is 2.75. The number of unbranched alkanes of at least 4 members (excludes halogenated alkanes) is 8. The quantitative estimate of drug-likeness (QED) is 0.359. The third-order valence-corrected chi connectivity index (χ3v) is 5.68. The highest BCUT2D eigenvalue weighted by Crippen LogP contribution is 2.49. The fraction of sp³-hybridized carbons (Fsp3) is 0.900. The van der Waals surface area contributed by atoms with Crippen LogP contribution in [0.15, 0.2) is 12.4 Å². The van der Waals surface area contributed by atoms with Crippen LogP contribution in [-0.2, 0) is 0 Å². The minimum atomic E-state index is -4.34. The molecule has 2 N–H and O–H groups in total. The highest BCUT2D eigenvalue weighted by molar-refractivity contribution is 5.14. The Morgan fingerprint density at radius 1 is 0.720 bits per heavy atom. The largest absolute Gasteiger partial charge is 0.430 e. The monoisotopic (exact) mass is 362 g/mol. The average Bonchev–Trinajstić information content (AvgIpc) is 3.06. The molecule has 0 saturated heterocycles. The Morgan fingerprint density at radius 2 is 1.12 bits per heavy atom. The van der Waals surface area contributed by atoms with Gasteiger partial charge in [-0.05, 0) is 12.8 Å². The maximum atomic E-state index is 14.0. The first kappa shape index (κ1) is 22.2. The molecule has 1 aliphatic heterocycles. The maximum absolute atomic E-state index is 14.0. The second kappa shape index (κ2) is 10.3. The summed E-state index contributed by atoms with van der Waals surface area (Å²) in [5, 5.41) is 5.27. The van der Waals surface area contributed by atoms with Crippen LogP contribution in [-0.4, -0.2) is 11.8 Å². The van der Waals surface area contributed by atoms with E-state index in [-0.39, 0.29) is 0 Å². The Hall–Kier alpha value is -0.870. The van der Waals surface area contributed by atoms with Crippen LogP contribution in [0, 0.1) is 5.41 Å². The summed E-state index contributed by atoms with van der Waals surface area (Å²) < 4.78 is 42.0. The van der Waals surface area contributed by atoms with Crippen molar-refractivity contribution >= 4 is 0 Å². The van der Waals surface area contributed by atoms with E-state index in [1.165, 1.54) is 31.7 Å². The maximum Gasteiger partial charge on any atom is 0.430 e. The van der Waals surface area contributed by atoms with Crippen LogP contribution in [0.5, 0.6) is 0 Å². The van der Waals surface area contributed by atoms with E-state index < -0.39 is 17.3 Å². The van der Waals surface area contributed by atoms with Gasteiger partial charge in [0.2, 0.25) is 5.66 Å². The van der Waals surface area contributed by atoms with E-state index in [1.807, 2.05) is 6.92 Å². The van der Waals surface area contributed by atoms with E-state index in [4.69, 9.17) is 0 Å². The molecule has 1 unspecified atom stereocenters. The molecule has 148 valence electrons. The molecule has 1 atom stereocenters. The van der Waals surface area contributed by atoms with E-state index in [2.05, 4.69) is 24.5 Å². The van der Waals surface area contributed by atoms with Crippen molar-refractivity contribution in [2.45, 2.75) is 110 Å². The first-order valence-corrected chi connectivity index (χ1v) is 10.1. The molecule has 0 bridgehead atoms. The highest BCUT2D eigenvalue weighted by atomic mass is 19.4. The summed E-state index contributed by atoms with van der Waals surface area (Å²) in [4.78, 5) is 0. The van der Waals surface area contributed by atoms with Gasteiger partial charge in [0.25, 0.3) is 0 Å². The van der Waals surface area contributed by atoms with Crippen molar-refractivity contribution in [2.75, 3.05) is 0 Å². The number of halogens is 3. The molecule has 1 rings (SSSR count). The number of rotatable bonds is 13. The minimum Gasteiger partial charge on any atom is -0.360 e. The van der Waals surface area contributed by atoms with Gasteiger partial charge in [-0.3, -0.25) is 0 Å². The predicted octanol–water partition coefficient (Wildman–Crippen LogP) is 6.64. The minimum absolute atomic E-state index is 0.586. The van der Waals surface area contributed by atoms with Crippen molar-refractivity contribution in [2.24, 2.45) is 5.41 Å². The predicted molar refractivity (Wildman–Crippen MR) is 99.1 cm³/mol.